The first-order valence-corrected chi connectivity index (χ1v) is 9.30. The van der Waals surface area contributed by atoms with Crippen molar-refractivity contribution in [2.75, 3.05) is 6.61 Å². The second-order valence-electron chi connectivity index (χ2n) is 6.50. The summed E-state index contributed by atoms with van der Waals surface area (Å²) in [4.78, 5) is 36.5. The minimum Gasteiger partial charge on any atom is -0.456 e. The average Bonchev–Trinajstić information content (AvgIpc) is 2.66. The van der Waals surface area contributed by atoms with Crippen LogP contribution in [0.3, 0.4) is 0 Å². The lowest BCUT2D eigenvalue weighted by molar-refractivity contribution is -0.149. The van der Waals surface area contributed by atoms with Crippen LogP contribution in [0.2, 0.25) is 5.02 Å². The Morgan fingerprint density at radius 1 is 0.964 bits per heavy atom. The van der Waals surface area contributed by atoms with Crippen LogP contribution in [0.4, 0.5) is 0 Å². The Hall–Kier alpha value is -2.86. The fourth-order valence-electron chi connectivity index (χ4n) is 2.55. The lowest BCUT2D eigenvalue weighted by atomic mass is 10.0. The zero-order valence-corrected chi connectivity index (χ0v) is 16.5. The van der Waals surface area contributed by atoms with E-state index in [4.69, 9.17) is 16.3 Å². The molecule has 0 heterocycles. The number of hydrogen-bond donors (Lipinski definition) is 2. The molecule has 0 fully saturated rings. The molecule has 0 radical (unpaired) electrons. The predicted molar refractivity (Wildman–Crippen MR) is 107 cm³/mol. The summed E-state index contributed by atoms with van der Waals surface area (Å²) in [7, 11) is 0. The Labute approximate surface area is 169 Å². The first-order valence-electron chi connectivity index (χ1n) is 8.92. The Morgan fingerprint density at radius 2 is 1.61 bits per heavy atom. The highest BCUT2D eigenvalue weighted by atomic mass is 35.5. The van der Waals surface area contributed by atoms with Gasteiger partial charge in [-0.2, -0.15) is 0 Å². The summed E-state index contributed by atoms with van der Waals surface area (Å²) < 4.78 is 5.04. The van der Waals surface area contributed by atoms with Crippen molar-refractivity contribution in [3.63, 3.8) is 0 Å². The number of benzene rings is 2. The number of rotatable bonds is 8. The van der Waals surface area contributed by atoms with E-state index in [1.807, 2.05) is 32.0 Å². The van der Waals surface area contributed by atoms with Crippen molar-refractivity contribution in [1.82, 2.24) is 10.6 Å². The molecule has 6 nitrogen and oxygen atoms in total. The van der Waals surface area contributed by atoms with Crippen LogP contribution in [0.15, 0.2) is 54.6 Å². The molecule has 0 bridgehead atoms. The van der Waals surface area contributed by atoms with Crippen molar-refractivity contribution < 1.29 is 19.1 Å². The van der Waals surface area contributed by atoms with Crippen molar-refractivity contribution in [3.05, 3.63) is 70.7 Å². The number of halogens is 1. The third-order valence-electron chi connectivity index (χ3n) is 3.81. The molecule has 7 heteroatoms. The van der Waals surface area contributed by atoms with Crippen LogP contribution in [-0.4, -0.2) is 30.4 Å². The predicted octanol–water partition coefficient (Wildman–Crippen LogP) is 3.27. The van der Waals surface area contributed by atoms with Crippen LogP contribution in [-0.2, 0) is 14.3 Å². The molecule has 0 spiro atoms. The molecule has 1 atom stereocenters. The fourth-order valence-corrected chi connectivity index (χ4v) is 2.78. The molecule has 28 heavy (non-hydrogen) atoms. The molecule has 2 aromatic rings. The van der Waals surface area contributed by atoms with E-state index in [1.165, 1.54) is 0 Å². The van der Waals surface area contributed by atoms with Crippen LogP contribution < -0.4 is 10.6 Å². The summed E-state index contributed by atoms with van der Waals surface area (Å²) in [6, 6.07) is 15.1. The monoisotopic (exact) mass is 402 g/mol. The zero-order chi connectivity index (χ0) is 20.5. The summed E-state index contributed by atoms with van der Waals surface area (Å²) in [6.45, 7) is 3.27. The molecule has 2 rings (SSSR count). The molecule has 0 aromatic heterocycles. The highest BCUT2D eigenvalue weighted by Gasteiger charge is 2.21. The molecule has 0 unspecified atom stereocenters. The van der Waals surface area contributed by atoms with E-state index in [-0.39, 0.29) is 25.0 Å². The first-order chi connectivity index (χ1) is 13.4. The molecule has 0 aliphatic rings. The van der Waals surface area contributed by atoms with Gasteiger partial charge in [-0.25, -0.2) is 0 Å². The fraction of sp³-hybridized carbons (Fsp3) is 0.286. The molecule has 2 N–H and O–H groups in total. The summed E-state index contributed by atoms with van der Waals surface area (Å²) in [5.74, 6) is -1.36. The van der Waals surface area contributed by atoms with Crippen molar-refractivity contribution in [1.29, 1.82) is 0 Å². The minimum absolute atomic E-state index is 0.0434. The number of carbonyl (C=O) groups is 3. The van der Waals surface area contributed by atoms with E-state index in [1.54, 1.807) is 36.4 Å². The maximum absolute atomic E-state index is 12.6. The second kappa shape index (κ2) is 10.5. The van der Waals surface area contributed by atoms with Gasteiger partial charge in [0.1, 0.15) is 0 Å². The van der Waals surface area contributed by atoms with Crippen molar-refractivity contribution >= 4 is 29.4 Å². The van der Waals surface area contributed by atoms with Gasteiger partial charge in [0, 0.05) is 6.04 Å². The van der Waals surface area contributed by atoms with E-state index in [2.05, 4.69) is 10.6 Å². The smallest absolute Gasteiger partial charge is 0.308 e. The third-order valence-corrected chi connectivity index (χ3v) is 4.14. The lowest BCUT2D eigenvalue weighted by Crippen LogP contribution is -2.35. The normalized spacial score (nSPS) is 11.6. The maximum atomic E-state index is 12.6. The second-order valence-corrected chi connectivity index (χ2v) is 6.91. The summed E-state index contributed by atoms with van der Waals surface area (Å²) in [5.41, 5.74) is 1.06. The number of nitrogens with one attached hydrogen (secondary N) is 2. The van der Waals surface area contributed by atoms with Crippen LogP contribution in [0.1, 0.15) is 42.2 Å². The van der Waals surface area contributed by atoms with Crippen molar-refractivity contribution in [2.45, 2.75) is 32.4 Å². The number of carbonyl (C=O) groups excluding carboxylic acids is 3. The van der Waals surface area contributed by atoms with E-state index in [0.717, 1.165) is 5.56 Å². The number of ether oxygens (including phenoxy) is 1. The molecular formula is C21H23ClN2O4. The Kier molecular flexibility index (Phi) is 8.02. The summed E-state index contributed by atoms with van der Waals surface area (Å²) in [5, 5.41) is 5.78. The van der Waals surface area contributed by atoms with Gasteiger partial charge in [-0.1, -0.05) is 54.1 Å². The van der Waals surface area contributed by atoms with Gasteiger partial charge in [0.2, 0.25) is 0 Å². The Morgan fingerprint density at radius 3 is 2.25 bits per heavy atom. The molecule has 0 saturated carbocycles. The first kappa shape index (κ1) is 21.4. The van der Waals surface area contributed by atoms with Gasteiger partial charge in [-0.3, -0.25) is 14.4 Å². The van der Waals surface area contributed by atoms with E-state index < -0.39 is 17.9 Å². The molecule has 0 aliphatic carbocycles. The number of esters is 1. The summed E-state index contributed by atoms with van der Waals surface area (Å²) in [6.07, 6.45) is -0.116. The van der Waals surface area contributed by atoms with Crippen LogP contribution in [0.25, 0.3) is 0 Å². The van der Waals surface area contributed by atoms with Crippen molar-refractivity contribution in [3.8, 4) is 0 Å². The summed E-state index contributed by atoms with van der Waals surface area (Å²) >= 11 is 6.08. The van der Waals surface area contributed by atoms with Crippen LogP contribution >= 0.6 is 11.6 Å². The number of amides is 2. The largest absolute Gasteiger partial charge is 0.456 e. The third kappa shape index (κ3) is 6.70. The van der Waals surface area contributed by atoms with Gasteiger partial charge in [0.25, 0.3) is 11.8 Å². The Balaban J connectivity index is 2.06. The van der Waals surface area contributed by atoms with Gasteiger partial charge in [0.05, 0.1) is 23.0 Å². The molecule has 0 aliphatic heterocycles. The standard InChI is InChI=1S/C21H23ClN2O4/c1-14(2)23-19(25)13-28-20(26)12-18(15-8-4-3-5-9-15)24-21(27)16-10-6-7-11-17(16)22/h3-11,14,18H,12-13H2,1-2H3,(H,23,25)(H,24,27)/t18-/m1/s1. The van der Waals surface area contributed by atoms with Crippen molar-refractivity contribution in [2.24, 2.45) is 0 Å². The van der Waals surface area contributed by atoms with E-state index in [9.17, 15) is 14.4 Å². The van der Waals surface area contributed by atoms with Gasteiger partial charge in [0.15, 0.2) is 6.61 Å². The number of hydrogen-bond acceptors (Lipinski definition) is 4. The highest BCUT2D eigenvalue weighted by Crippen LogP contribution is 2.20. The minimum atomic E-state index is -0.620. The molecular weight excluding hydrogens is 380 g/mol. The molecule has 148 valence electrons. The van der Waals surface area contributed by atoms with Crippen LogP contribution in [0, 0.1) is 0 Å². The molecule has 2 amide bonds. The SMILES string of the molecule is CC(C)NC(=O)COC(=O)C[C@@H](NC(=O)c1ccccc1Cl)c1ccccc1. The highest BCUT2D eigenvalue weighted by molar-refractivity contribution is 6.33. The topological polar surface area (TPSA) is 84.5 Å². The average molecular weight is 403 g/mol. The molecule has 0 saturated heterocycles. The molecule has 2 aromatic carbocycles. The van der Waals surface area contributed by atoms with E-state index >= 15 is 0 Å². The lowest BCUT2D eigenvalue weighted by Gasteiger charge is -2.19. The Bertz CT molecular complexity index is 824. The van der Waals surface area contributed by atoms with E-state index in [0.29, 0.717) is 10.6 Å². The van der Waals surface area contributed by atoms with Gasteiger partial charge >= 0.3 is 5.97 Å². The van der Waals surface area contributed by atoms with Gasteiger partial charge in [-0.15, -0.1) is 0 Å². The van der Waals surface area contributed by atoms with Crippen LogP contribution in [0.5, 0.6) is 0 Å². The quantitative estimate of drug-likeness (QED) is 0.664. The zero-order valence-electron chi connectivity index (χ0n) is 15.8. The maximum Gasteiger partial charge on any atom is 0.308 e. The van der Waals surface area contributed by atoms with Gasteiger partial charge < -0.3 is 15.4 Å². The van der Waals surface area contributed by atoms with Gasteiger partial charge in [-0.05, 0) is 31.5 Å².